The maximum absolute atomic E-state index is 13.4. The Balaban J connectivity index is 2.04. The first-order chi connectivity index (χ1) is 23.8. The minimum atomic E-state index is -3.02. The van der Waals surface area contributed by atoms with Crippen molar-refractivity contribution in [3.63, 3.8) is 0 Å². The van der Waals surface area contributed by atoms with E-state index in [2.05, 4.69) is 12.2 Å². The van der Waals surface area contributed by atoms with E-state index in [9.17, 15) is 44.4 Å². The molecule has 0 saturated heterocycles. The van der Waals surface area contributed by atoms with Gasteiger partial charge in [0.05, 0.1) is 12.3 Å². The highest BCUT2D eigenvalue weighted by atomic mass is 16.4. The Morgan fingerprint density at radius 2 is 1.32 bits per heavy atom. The smallest absolute Gasteiger partial charge is 0.337 e. The summed E-state index contributed by atoms with van der Waals surface area (Å²) in [7, 11) is 3.89. The number of carbonyl (C=O) groups excluding carboxylic acids is 2. The lowest BCUT2D eigenvalue weighted by molar-refractivity contribution is -0.172. The number of nitrogens with zero attached hydrogens (tertiary/aromatic N) is 1. The number of anilines is 1. The summed E-state index contributed by atoms with van der Waals surface area (Å²) in [5, 5.41) is 42.4. The SMILES string of the molecule is CCCCCCCC(=O)CCCCCC/C=C/[C@@H](C(=O)N[C@@H](Cc1ccc(-c2ccc(N(C)C)cc2)cc1)C(=O)O)[C@@](O)(CC(=O)O)C(=O)O. The van der Waals surface area contributed by atoms with Crippen LogP contribution in [0, 0.1) is 5.92 Å². The second-order valence-corrected chi connectivity index (χ2v) is 13.1. The zero-order valence-corrected chi connectivity index (χ0v) is 29.6. The molecular formula is C39H54N2O9. The summed E-state index contributed by atoms with van der Waals surface area (Å²) < 4.78 is 0. The zero-order chi connectivity index (χ0) is 37.1. The van der Waals surface area contributed by atoms with Crippen molar-refractivity contribution in [2.75, 3.05) is 19.0 Å². The van der Waals surface area contributed by atoms with Crippen molar-refractivity contribution < 1.29 is 44.4 Å². The van der Waals surface area contributed by atoms with Gasteiger partial charge in [0.25, 0.3) is 0 Å². The third-order valence-electron chi connectivity index (χ3n) is 8.78. The van der Waals surface area contributed by atoms with Gasteiger partial charge in [-0.2, -0.15) is 0 Å². The first kappa shape index (κ1) is 41.7. The van der Waals surface area contributed by atoms with Crippen LogP contribution in [-0.2, 0) is 30.4 Å². The highest BCUT2D eigenvalue weighted by Gasteiger charge is 2.49. The lowest BCUT2D eigenvalue weighted by atomic mass is 9.82. The van der Waals surface area contributed by atoms with Gasteiger partial charge in [-0.05, 0) is 54.5 Å². The van der Waals surface area contributed by atoms with Crippen molar-refractivity contribution in [2.24, 2.45) is 5.92 Å². The van der Waals surface area contributed by atoms with Crippen molar-refractivity contribution in [3.8, 4) is 11.1 Å². The number of amides is 1. The van der Waals surface area contributed by atoms with E-state index >= 15 is 0 Å². The van der Waals surface area contributed by atoms with Crippen molar-refractivity contribution in [1.82, 2.24) is 5.32 Å². The number of aliphatic carboxylic acids is 3. The molecule has 0 aliphatic rings. The lowest BCUT2D eigenvalue weighted by Crippen LogP contribution is -2.55. The number of nitrogens with one attached hydrogen (secondary N) is 1. The Morgan fingerprint density at radius 1 is 0.780 bits per heavy atom. The summed E-state index contributed by atoms with van der Waals surface area (Å²) in [5.41, 5.74) is 0.480. The van der Waals surface area contributed by atoms with Gasteiger partial charge in [-0.25, -0.2) is 9.59 Å². The minimum Gasteiger partial charge on any atom is -0.481 e. The van der Waals surface area contributed by atoms with E-state index in [1.807, 2.05) is 55.4 Å². The standard InChI is InChI=1S/C39H54N2O9/c1-4-5-6-9-12-15-32(42)16-13-10-7-8-11-14-17-33(39(50,38(48)49)27-35(43)44)36(45)40-34(37(46)47)26-28-18-20-29(21-19-28)30-22-24-31(25-23-30)41(2)3/h14,17-25,33-34,50H,4-13,15-16,26-27H2,1-3H3,(H,40,45)(H,43,44)(H,46,47)(H,48,49)/b17-14+/t33-,34-,39-/m0/s1. The molecule has 0 spiro atoms. The molecule has 11 heteroatoms. The Kier molecular flexibility index (Phi) is 18.0. The molecule has 0 saturated carbocycles. The molecule has 0 unspecified atom stereocenters. The number of ketones is 1. The third kappa shape index (κ3) is 14.2. The normalized spacial score (nSPS) is 13.7. The Hall–Kier alpha value is -4.51. The number of carboxylic acid groups (broad SMARTS) is 3. The van der Waals surface area contributed by atoms with Gasteiger partial charge in [-0.15, -0.1) is 0 Å². The molecule has 0 radical (unpaired) electrons. The van der Waals surface area contributed by atoms with Crippen molar-refractivity contribution in [2.45, 2.75) is 108 Å². The second kappa shape index (κ2) is 21.5. The fraction of sp³-hybridized carbons (Fsp3) is 0.513. The van der Waals surface area contributed by atoms with Crippen molar-refractivity contribution in [3.05, 3.63) is 66.2 Å². The van der Waals surface area contributed by atoms with Gasteiger partial charge in [0.15, 0.2) is 5.60 Å². The summed E-state index contributed by atoms with van der Waals surface area (Å²) >= 11 is 0. The summed E-state index contributed by atoms with van der Waals surface area (Å²) in [6, 6.07) is 13.5. The fourth-order valence-corrected chi connectivity index (χ4v) is 5.72. The predicted molar refractivity (Wildman–Crippen MR) is 193 cm³/mol. The molecular weight excluding hydrogens is 640 g/mol. The molecule has 5 N–H and O–H groups in total. The van der Waals surface area contributed by atoms with E-state index in [0.717, 1.165) is 67.8 Å². The quantitative estimate of drug-likeness (QED) is 0.0587. The average Bonchev–Trinajstić information content (AvgIpc) is 3.07. The molecule has 0 fully saturated rings. The Labute approximate surface area is 295 Å². The first-order valence-electron chi connectivity index (χ1n) is 17.5. The summed E-state index contributed by atoms with van der Waals surface area (Å²) in [6.45, 7) is 2.15. The third-order valence-corrected chi connectivity index (χ3v) is 8.78. The molecule has 0 heterocycles. The molecule has 0 aliphatic heterocycles. The number of carboxylic acids is 3. The van der Waals surface area contributed by atoms with Crippen LogP contribution in [0.1, 0.15) is 96.0 Å². The van der Waals surface area contributed by atoms with Gasteiger partial charge >= 0.3 is 17.9 Å². The molecule has 0 bridgehead atoms. The van der Waals surface area contributed by atoms with Crippen LogP contribution in [-0.4, -0.2) is 75.8 Å². The average molecular weight is 695 g/mol. The molecule has 0 aliphatic carbocycles. The Morgan fingerprint density at radius 3 is 1.82 bits per heavy atom. The minimum absolute atomic E-state index is 0.136. The van der Waals surface area contributed by atoms with Crippen LogP contribution >= 0.6 is 0 Å². The number of rotatable bonds is 25. The van der Waals surface area contributed by atoms with Crippen LogP contribution in [0.5, 0.6) is 0 Å². The maximum atomic E-state index is 13.4. The number of aliphatic hydroxyl groups is 1. The van der Waals surface area contributed by atoms with E-state index in [1.54, 1.807) is 12.1 Å². The van der Waals surface area contributed by atoms with Crippen molar-refractivity contribution in [1.29, 1.82) is 0 Å². The number of hydrogen-bond donors (Lipinski definition) is 5. The molecule has 50 heavy (non-hydrogen) atoms. The lowest BCUT2D eigenvalue weighted by Gasteiger charge is -2.29. The van der Waals surface area contributed by atoms with E-state index < -0.39 is 47.8 Å². The van der Waals surface area contributed by atoms with Crippen LogP contribution in [0.25, 0.3) is 11.1 Å². The fourth-order valence-electron chi connectivity index (χ4n) is 5.72. The summed E-state index contributed by atoms with van der Waals surface area (Å²) in [5.74, 6) is -7.66. The van der Waals surface area contributed by atoms with Gasteiger partial charge in [0, 0.05) is 39.0 Å². The Bertz CT molecular complexity index is 1420. The number of hydrogen-bond acceptors (Lipinski definition) is 7. The first-order valence-corrected chi connectivity index (χ1v) is 17.5. The highest BCUT2D eigenvalue weighted by Crippen LogP contribution is 2.26. The van der Waals surface area contributed by atoms with E-state index in [4.69, 9.17) is 0 Å². The number of unbranched alkanes of at least 4 members (excludes halogenated alkanes) is 8. The molecule has 0 aromatic heterocycles. The molecule has 274 valence electrons. The van der Waals surface area contributed by atoms with E-state index in [-0.39, 0.29) is 12.2 Å². The van der Waals surface area contributed by atoms with Crippen LogP contribution in [0.15, 0.2) is 60.7 Å². The van der Waals surface area contributed by atoms with Crippen LogP contribution < -0.4 is 10.2 Å². The van der Waals surface area contributed by atoms with Crippen LogP contribution in [0.2, 0.25) is 0 Å². The molecule has 2 aromatic rings. The van der Waals surface area contributed by atoms with E-state index in [0.29, 0.717) is 31.2 Å². The molecule has 2 aromatic carbocycles. The second-order valence-electron chi connectivity index (χ2n) is 13.1. The molecule has 3 atom stereocenters. The zero-order valence-electron chi connectivity index (χ0n) is 29.6. The van der Waals surface area contributed by atoms with Crippen molar-refractivity contribution >= 4 is 35.3 Å². The van der Waals surface area contributed by atoms with Gasteiger partial charge in [0.2, 0.25) is 5.91 Å². The van der Waals surface area contributed by atoms with Crippen LogP contribution in [0.4, 0.5) is 5.69 Å². The summed E-state index contributed by atoms with van der Waals surface area (Å²) in [6.07, 6.45) is 11.3. The molecule has 11 nitrogen and oxygen atoms in total. The number of Topliss-reactive ketones (excluding diaryl/α,β-unsaturated/α-hetero) is 1. The van der Waals surface area contributed by atoms with Gasteiger partial charge in [0.1, 0.15) is 11.8 Å². The maximum Gasteiger partial charge on any atom is 0.337 e. The largest absolute Gasteiger partial charge is 0.481 e. The van der Waals surface area contributed by atoms with E-state index in [1.165, 1.54) is 12.5 Å². The topological polar surface area (TPSA) is 182 Å². The monoisotopic (exact) mass is 694 g/mol. The van der Waals surface area contributed by atoms with Gasteiger partial charge in [-0.3, -0.25) is 14.4 Å². The van der Waals surface area contributed by atoms with Crippen LogP contribution in [0.3, 0.4) is 0 Å². The number of carbonyl (C=O) groups is 5. The number of allylic oxidation sites excluding steroid dienone is 1. The number of benzene rings is 2. The summed E-state index contributed by atoms with van der Waals surface area (Å²) in [4.78, 5) is 63.3. The molecule has 2 rings (SSSR count). The van der Waals surface area contributed by atoms with Gasteiger partial charge < -0.3 is 30.6 Å². The highest BCUT2D eigenvalue weighted by molar-refractivity contribution is 5.94. The molecule has 1 amide bonds. The van der Waals surface area contributed by atoms with Gasteiger partial charge in [-0.1, -0.05) is 94.0 Å². The predicted octanol–water partition coefficient (Wildman–Crippen LogP) is 6.26.